The molecule has 8 heteroatoms. The Bertz CT molecular complexity index is 1040. The second-order valence-electron chi connectivity index (χ2n) is 6.17. The molecule has 7 nitrogen and oxygen atoms in total. The Morgan fingerprint density at radius 2 is 2.00 bits per heavy atom. The fraction of sp³-hybridized carbons (Fsp3) is 0.190. The third kappa shape index (κ3) is 4.41. The smallest absolute Gasteiger partial charge is 0.328 e. The van der Waals surface area contributed by atoms with Crippen LogP contribution >= 0.6 is 15.9 Å². The Morgan fingerprint density at radius 3 is 2.66 bits per heavy atom. The van der Waals surface area contributed by atoms with Gasteiger partial charge < -0.3 is 14.8 Å². The van der Waals surface area contributed by atoms with Crippen LogP contribution in [0.4, 0.5) is 4.79 Å². The number of halogens is 1. The molecule has 1 fully saturated rings. The molecule has 1 saturated heterocycles. The van der Waals surface area contributed by atoms with Crippen LogP contribution in [-0.2, 0) is 11.4 Å². The van der Waals surface area contributed by atoms with Crippen molar-refractivity contribution in [3.8, 4) is 17.6 Å². The zero-order chi connectivity index (χ0) is 21.0. The summed E-state index contributed by atoms with van der Waals surface area (Å²) in [5.41, 5.74) is 2.15. The number of rotatable bonds is 6. The fourth-order valence-corrected chi connectivity index (χ4v) is 3.34. The molecule has 0 spiro atoms. The summed E-state index contributed by atoms with van der Waals surface area (Å²) in [5, 5.41) is 11.8. The van der Waals surface area contributed by atoms with Gasteiger partial charge in [-0.25, -0.2) is 4.79 Å². The Morgan fingerprint density at radius 1 is 1.24 bits per heavy atom. The lowest BCUT2D eigenvalue weighted by atomic mass is 10.1. The average molecular weight is 456 g/mol. The minimum Gasteiger partial charge on any atom is -0.490 e. The molecule has 0 atom stereocenters. The highest BCUT2D eigenvalue weighted by atomic mass is 79.9. The van der Waals surface area contributed by atoms with Crippen molar-refractivity contribution in [1.82, 2.24) is 10.2 Å². The number of benzene rings is 2. The minimum absolute atomic E-state index is 0.184. The molecular formula is C21H18BrN3O4. The summed E-state index contributed by atoms with van der Waals surface area (Å²) in [7, 11) is 1.41. The summed E-state index contributed by atoms with van der Waals surface area (Å²) >= 11 is 3.48. The number of carbonyl (C=O) groups excluding carboxylic acids is 2. The molecule has 1 N–H and O–H groups in total. The molecular weight excluding hydrogens is 438 g/mol. The molecule has 0 aromatic heterocycles. The molecule has 2 aromatic rings. The normalized spacial score (nSPS) is 14.7. The number of amides is 3. The maximum atomic E-state index is 12.1. The lowest BCUT2D eigenvalue weighted by molar-refractivity contribution is -0.121. The fourth-order valence-electron chi connectivity index (χ4n) is 2.77. The van der Waals surface area contributed by atoms with Crippen LogP contribution in [0.2, 0.25) is 0 Å². The summed E-state index contributed by atoms with van der Waals surface area (Å²) in [4.78, 5) is 24.7. The number of imide groups is 1. The number of likely N-dealkylation sites (N-methyl/N-ethyl adjacent to an activating group) is 1. The summed E-state index contributed by atoms with van der Waals surface area (Å²) in [6.07, 6.45) is 1.58. The highest BCUT2D eigenvalue weighted by Gasteiger charge is 2.30. The van der Waals surface area contributed by atoms with E-state index >= 15 is 0 Å². The molecule has 0 saturated carbocycles. The van der Waals surface area contributed by atoms with E-state index in [-0.39, 0.29) is 12.3 Å². The molecule has 3 rings (SSSR count). The van der Waals surface area contributed by atoms with Crippen LogP contribution in [-0.4, -0.2) is 30.5 Å². The zero-order valence-electron chi connectivity index (χ0n) is 15.9. The van der Waals surface area contributed by atoms with Crippen LogP contribution in [0.5, 0.6) is 11.5 Å². The van der Waals surface area contributed by atoms with Gasteiger partial charge in [-0.15, -0.1) is 0 Å². The van der Waals surface area contributed by atoms with E-state index in [1.165, 1.54) is 7.05 Å². The highest BCUT2D eigenvalue weighted by molar-refractivity contribution is 9.10. The monoisotopic (exact) mass is 455 g/mol. The second kappa shape index (κ2) is 8.80. The van der Waals surface area contributed by atoms with E-state index in [9.17, 15) is 14.9 Å². The predicted octanol–water partition coefficient (Wildman–Crippen LogP) is 3.82. The van der Waals surface area contributed by atoms with Crippen LogP contribution in [0, 0.1) is 11.3 Å². The average Bonchev–Trinajstić information content (AvgIpc) is 2.94. The van der Waals surface area contributed by atoms with Crippen molar-refractivity contribution in [2.24, 2.45) is 0 Å². The van der Waals surface area contributed by atoms with E-state index < -0.39 is 11.9 Å². The van der Waals surface area contributed by atoms with Crippen LogP contribution < -0.4 is 14.8 Å². The molecule has 1 aliphatic rings. The second-order valence-corrected chi connectivity index (χ2v) is 7.03. The zero-order valence-corrected chi connectivity index (χ0v) is 17.4. The molecule has 0 bridgehead atoms. The summed E-state index contributed by atoms with van der Waals surface area (Å²) in [6.45, 7) is 2.46. The first-order chi connectivity index (χ1) is 13.9. The molecule has 3 amide bonds. The maximum absolute atomic E-state index is 12.1. The van der Waals surface area contributed by atoms with E-state index in [0.717, 1.165) is 10.5 Å². The van der Waals surface area contributed by atoms with Gasteiger partial charge >= 0.3 is 6.03 Å². The number of nitrogens with zero attached hydrogens (tertiary/aromatic N) is 2. The third-order valence-corrected chi connectivity index (χ3v) is 4.82. The van der Waals surface area contributed by atoms with Gasteiger partial charge in [-0.1, -0.05) is 18.2 Å². The summed E-state index contributed by atoms with van der Waals surface area (Å²) in [5.74, 6) is 0.562. The topological polar surface area (TPSA) is 91.7 Å². The molecule has 2 aromatic carbocycles. The van der Waals surface area contributed by atoms with Gasteiger partial charge in [-0.3, -0.25) is 9.69 Å². The van der Waals surface area contributed by atoms with Crippen molar-refractivity contribution in [2.75, 3.05) is 13.7 Å². The van der Waals surface area contributed by atoms with Gasteiger partial charge in [-0.05, 0) is 52.7 Å². The SMILES string of the molecule is CCOc1cc(/C=C2/NC(=O)N(C)C2=O)cc(Br)c1OCc1ccccc1C#N. The Hall–Kier alpha value is -3.31. The number of ether oxygens (including phenoxy) is 2. The first-order valence-corrected chi connectivity index (χ1v) is 9.61. The number of hydrogen-bond acceptors (Lipinski definition) is 5. The number of urea groups is 1. The van der Waals surface area contributed by atoms with Gasteiger partial charge in [0.2, 0.25) is 0 Å². The van der Waals surface area contributed by atoms with Gasteiger partial charge in [0.15, 0.2) is 11.5 Å². The molecule has 1 aliphatic heterocycles. The third-order valence-electron chi connectivity index (χ3n) is 4.23. The largest absolute Gasteiger partial charge is 0.490 e. The standard InChI is InChI=1S/C21H18BrN3O4/c1-3-28-18-10-13(9-17-20(26)25(2)21(27)24-17)8-16(22)19(18)29-12-15-7-5-4-6-14(15)11-23/h4-10H,3,12H2,1-2H3,(H,24,27)/b17-9+. The Balaban J connectivity index is 1.90. The van der Waals surface area contributed by atoms with Crippen LogP contribution in [0.1, 0.15) is 23.6 Å². The van der Waals surface area contributed by atoms with E-state index in [1.807, 2.05) is 19.1 Å². The van der Waals surface area contributed by atoms with Crippen LogP contribution in [0.25, 0.3) is 6.08 Å². The Kier molecular flexibility index (Phi) is 6.20. The molecule has 0 radical (unpaired) electrons. The minimum atomic E-state index is -0.471. The lowest BCUT2D eigenvalue weighted by Crippen LogP contribution is -2.25. The van der Waals surface area contributed by atoms with Gasteiger partial charge in [0, 0.05) is 12.6 Å². The van der Waals surface area contributed by atoms with E-state index in [4.69, 9.17) is 9.47 Å². The Labute approximate surface area is 176 Å². The van der Waals surface area contributed by atoms with Gasteiger partial charge in [0.05, 0.1) is 22.7 Å². The van der Waals surface area contributed by atoms with Gasteiger partial charge in [0.25, 0.3) is 5.91 Å². The van der Waals surface area contributed by atoms with Crippen molar-refractivity contribution in [1.29, 1.82) is 5.26 Å². The van der Waals surface area contributed by atoms with Crippen LogP contribution in [0.15, 0.2) is 46.6 Å². The molecule has 0 unspecified atom stereocenters. The van der Waals surface area contributed by atoms with Crippen molar-refractivity contribution < 1.29 is 19.1 Å². The number of nitriles is 1. The van der Waals surface area contributed by atoms with Crippen molar-refractivity contribution in [3.05, 3.63) is 63.3 Å². The molecule has 1 heterocycles. The van der Waals surface area contributed by atoms with Crippen molar-refractivity contribution in [3.63, 3.8) is 0 Å². The van der Waals surface area contributed by atoms with E-state index in [2.05, 4.69) is 27.3 Å². The molecule has 0 aliphatic carbocycles. The predicted molar refractivity (Wildman–Crippen MR) is 110 cm³/mol. The number of nitrogens with one attached hydrogen (secondary N) is 1. The molecule has 148 valence electrons. The first-order valence-electron chi connectivity index (χ1n) is 8.82. The highest BCUT2D eigenvalue weighted by Crippen LogP contribution is 2.38. The van der Waals surface area contributed by atoms with E-state index in [0.29, 0.717) is 33.7 Å². The van der Waals surface area contributed by atoms with Gasteiger partial charge in [-0.2, -0.15) is 5.26 Å². The molecule has 29 heavy (non-hydrogen) atoms. The lowest BCUT2D eigenvalue weighted by Gasteiger charge is -2.15. The quantitative estimate of drug-likeness (QED) is 0.527. The van der Waals surface area contributed by atoms with Crippen LogP contribution in [0.3, 0.4) is 0 Å². The first kappa shape index (κ1) is 20.4. The number of carbonyl (C=O) groups is 2. The van der Waals surface area contributed by atoms with Gasteiger partial charge in [0.1, 0.15) is 12.3 Å². The number of hydrogen-bond donors (Lipinski definition) is 1. The van der Waals surface area contributed by atoms with E-state index in [1.54, 1.807) is 30.3 Å². The van der Waals surface area contributed by atoms with Crippen molar-refractivity contribution in [2.45, 2.75) is 13.5 Å². The maximum Gasteiger partial charge on any atom is 0.328 e. The summed E-state index contributed by atoms with van der Waals surface area (Å²) < 4.78 is 12.3. The summed E-state index contributed by atoms with van der Waals surface area (Å²) in [6, 6.07) is 12.4. The van der Waals surface area contributed by atoms with Crippen molar-refractivity contribution >= 4 is 33.9 Å².